The van der Waals surface area contributed by atoms with E-state index in [9.17, 15) is 9.59 Å². The summed E-state index contributed by atoms with van der Waals surface area (Å²) < 4.78 is 11.0. The molecule has 1 fully saturated rings. The van der Waals surface area contributed by atoms with Crippen LogP contribution in [0.3, 0.4) is 0 Å². The Balaban J connectivity index is 1.46. The van der Waals surface area contributed by atoms with Gasteiger partial charge in [0.05, 0.1) is 49.3 Å². The Morgan fingerprint density at radius 2 is 1.92 bits per heavy atom. The van der Waals surface area contributed by atoms with Crippen molar-refractivity contribution in [3.05, 3.63) is 54.6 Å². The fourth-order valence-electron chi connectivity index (χ4n) is 3.60. The number of benzene rings is 1. The SMILES string of the molecule is Nc1ncc(-c2ccc(OCC[C@H](N)C(=O)O)cc2)nc1C(=O)Nc1cnccc1N1CCOCC1. The third kappa shape index (κ3) is 6.03. The quantitative estimate of drug-likeness (QED) is 0.338. The van der Waals surface area contributed by atoms with Crippen molar-refractivity contribution >= 4 is 29.1 Å². The summed E-state index contributed by atoms with van der Waals surface area (Å²) in [6.45, 7) is 2.79. The van der Waals surface area contributed by atoms with Gasteiger partial charge < -0.3 is 36.3 Å². The second-order valence-corrected chi connectivity index (χ2v) is 8.04. The number of nitrogen functional groups attached to an aromatic ring is 1. The number of nitrogens with zero attached hydrogens (tertiary/aromatic N) is 4. The van der Waals surface area contributed by atoms with Gasteiger partial charge in [-0.3, -0.25) is 14.6 Å². The number of nitrogens with two attached hydrogens (primary N) is 2. The Bertz CT molecular complexity index is 1220. The molecule has 12 heteroatoms. The second kappa shape index (κ2) is 11.4. The number of carbonyl (C=O) groups excluding carboxylic acids is 1. The third-order valence-electron chi connectivity index (χ3n) is 5.58. The molecular weight excluding hydrogens is 466 g/mol. The van der Waals surface area contributed by atoms with Crippen LogP contribution in [-0.4, -0.2) is 70.9 Å². The number of hydrogen-bond donors (Lipinski definition) is 4. The summed E-state index contributed by atoms with van der Waals surface area (Å²) in [4.78, 5) is 38.7. The van der Waals surface area contributed by atoms with Crippen LogP contribution < -0.4 is 26.4 Å². The molecule has 1 aromatic carbocycles. The highest BCUT2D eigenvalue weighted by Crippen LogP contribution is 2.27. The fraction of sp³-hybridized carbons (Fsp3) is 0.292. The minimum absolute atomic E-state index is 0.00258. The molecule has 1 aliphatic rings. The van der Waals surface area contributed by atoms with Gasteiger partial charge in [0.1, 0.15) is 11.8 Å². The average molecular weight is 494 g/mol. The van der Waals surface area contributed by atoms with E-state index in [-0.39, 0.29) is 24.5 Å². The zero-order chi connectivity index (χ0) is 25.5. The lowest BCUT2D eigenvalue weighted by Crippen LogP contribution is -2.36. The summed E-state index contributed by atoms with van der Waals surface area (Å²) in [7, 11) is 0. The maximum absolute atomic E-state index is 13.1. The molecule has 1 atom stereocenters. The van der Waals surface area contributed by atoms with Crippen LogP contribution in [0.1, 0.15) is 16.9 Å². The molecule has 2 aromatic heterocycles. The van der Waals surface area contributed by atoms with Crippen LogP contribution in [0.25, 0.3) is 11.3 Å². The van der Waals surface area contributed by atoms with Crippen LogP contribution in [-0.2, 0) is 9.53 Å². The highest BCUT2D eigenvalue weighted by molar-refractivity contribution is 6.07. The molecule has 4 rings (SSSR count). The number of carboxylic acid groups (broad SMARTS) is 1. The summed E-state index contributed by atoms with van der Waals surface area (Å²) in [5.41, 5.74) is 14.0. The zero-order valence-electron chi connectivity index (χ0n) is 19.5. The smallest absolute Gasteiger partial charge is 0.320 e. The summed E-state index contributed by atoms with van der Waals surface area (Å²) in [5, 5.41) is 11.7. The number of amides is 1. The number of aromatic nitrogens is 3. The minimum atomic E-state index is -1.07. The Morgan fingerprint density at radius 1 is 1.17 bits per heavy atom. The maximum atomic E-state index is 13.1. The predicted molar refractivity (Wildman–Crippen MR) is 133 cm³/mol. The van der Waals surface area contributed by atoms with E-state index in [0.717, 1.165) is 5.69 Å². The largest absolute Gasteiger partial charge is 0.494 e. The molecule has 6 N–H and O–H groups in total. The van der Waals surface area contributed by atoms with Crippen LogP contribution in [0.5, 0.6) is 5.75 Å². The van der Waals surface area contributed by atoms with Gasteiger partial charge in [0.25, 0.3) is 5.91 Å². The van der Waals surface area contributed by atoms with Crippen LogP contribution in [0.2, 0.25) is 0 Å². The second-order valence-electron chi connectivity index (χ2n) is 8.04. The van der Waals surface area contributed by atoms with Crippen molar-refractivity contribution in [2.24, 2.45) is 5.73 Å². The molecule has 0 saturated carbocycles. The number of carbonyl (C=O) groups is 2. The van der Waals surface area contributed by atoms with Gasteiger partial charge in [-0.2, -0.15) is 0 Å². The van der Waals surface area contributed by atoms with Crippen LogP contribution in [0, 0.1) is 0 Å². The number of ether oxygens (including phenoxy) is 2. The lowest BCUT2D eigenvalue weighted by molar-refractivity contribution is -0.138. The average Bonchev–Trinajstić information content (AvgIpc) is 2.90. The van der Waals surface area contributed by atoms with E-state index in [1.807, 2.05) is 6.07 Å². The van der Waals surface area contributed by atoms with E-state index in [4.69, 9.17) is 26.0 Å². The Hall–Kier alpha value is -4.29. The van der Waals surface area contributed by atoms with Gasteiger partial charge in [-0.1, -0.05) is 0 Å². The first kappa shape index (κ1) is 24.8. The first-order valence-electron chi connectivity index (χ1n) is 11.3. The van der Waals surface area contributed by atoms with E-state index < -0.39 is 17.9 Å². The number of anilines is 3. The summed E-state index contributed by atoms with van der Waals surface area (Å²) >= 11 is 0. The molecule has 3 aromatic rings. The molecule has 1 amide bonds. The van der Waals surface area contributed by atoms with E-state index in [0.29, 0.717) is 49.0 Å². The predicted octanol–water partition coefficient (Wildman–Crippen LogP) is 1.39. The first-order valence-corrected chi connectivity index (χ1v) is 11.3. The van der Waals surface area contributed by atoms with Gasteiger partial charge in [0.15, 0.2) is 11.5 Å². The van der Waals surface area contributed by atoms with Crippen molar-refractivity contribution in [1.29, 1.82) is 0 Å². The van der Waals surface area contributed by atoms with Gasteiger partial charge in [-0.15, -0.1) is 0 Å². The summed E-state index contributed by atoms with van der Waals surface area (Å²) in [5.74, 6) is -1.02. The third-order valence-corrected chi connectivity index (χ3v) is 5.58. The van der Waals surface area contributed by atoms with Crippen molar-refractivity contribution in [2.45, 2.75) is 12.5 Å². The Labute approximate surface area is 207 Å². The van der Waals surface area contributed by atoms with Gasteiger partial charge in [-0.25, -0.2) is 9.97 Å². The molecule has 0 spiro atoms. The highest BCUT2D eigenvalue weighted by Gasteiger charge is 2.20. The fourth-order valence-corrected chi connectivity index (χ4v) is 3.60. The molecule has 3 heterocycles. The Morgan fingerprint density at radius 3 is 2.64 bits per heavy atom. The monoisotopic (exact) mass is 493 g/mol. The lowest BCUT2D eigenvalue weighted by Gasteiger charge is -2.30. The van der Waals surface area contributed by atoms with Crippen molar-refractivity contribution in [2.75, 3.05) is 48.9 Å². The molecule has 0 bridgehead atoms. The molecule has 36 heavy (non-hydrogen) atoms. The van der Waals surface area contributed by atoms with E-state index >= 15 is 0 Å². The Kier molecular flexibility index (Phi) is 7.88. The molecule has 0 radical (unpaired) electrons. The van der Waals surface area contributed by atoms with Crippen LogP contribution >= 0.6 is 0 Å². The molecule has 1 saturated heterocycles. The number of rotatable bonds is 9. The standard InChI is InChI=1S/C24H27N7O5/c25-17(24(33)34)6-10-36-16-3-1-15(2-4-16)18-14-28-22(26)21(29-18)23(32)30-19-13-27-7-5-20(19)31-8-11-35-12-9-31/h1-5,7,13-14,17H,6,8-12,25H2,(H2,26,28)(H,30,32)(H,33,34)/t17-/m0/s1. The van der Waals surface area contributed by atoms with E-state index in [1.165, 1.54) is 6.20 Å². The normalized spacial score (nSPS) is 14.2. The zero-order valence-corrected chi connectivity index (χ0v) is 19.5. The number of carboxylic acids is 1. The van der Waals surface area contributed by atoms with Crippen molar-refractivity contribution in [1.82, 2.24) is 15.0 Å². The molecule has 0 unspecified atom stereocenters. The molecular formula is C24H27N7O5. The van der Waals surface area contributed by atoms with Gasteiger partial charge in [0.2, 0.25) is 0 Å². The highest BCUT2D eigenvalue weighted by atomic mass is 16.5. The first-order chi connectivity index (χ1) is 17.4. The number of nitrogens with one attached hydrogen (secondary N) is 1. The van der Waals surface area contributed by atoms with E-state index in [1.54, 1.807) is 36.7 Å². The van der Waals surface area contributed by atoms with E-state index in [2.05, 4.69) is 25.2 Å². The number of aliphatic carboxylic acids is 1. The maximum Gasteiger partial charge on any atom is 0.320 e. The number of pyridine rings is 1. The number of morpholine rings is 1. The molecule has 0 aliphatic carbocycles. The van der Waals surface area contributed by atoms with Crippen LogP contribution in [0.15, 0.2) is 48.9 Å². The van der Waals surface area contributed by atoms with Crippen LogP contribution in [0.4, 0.5) is 17.2 Å². The van der Waals surface area contributed by atoms with Crippen molar-refractivity contribution in [3.63, 3.8) is 0 Å². The minimum Gasteiger partial charge on any atom is -0.494 e. The van der Waals surface area contributed by atoms with Crippen molar-refractivity contribution < 1.29 is 24.2 Å². The molecule has 1 aliphatic heterocycles. The van der Waals surface area contributed by atoms with Gasteiger partial charge in [-0.05, 0) is 30.3 Å². The lowest BCUT2D eigenvalue weighted by atomic mass is 10.1. The van der Waals surface area contributed by atoms with Crippen molar-refractivity contribution in [3.8, 4) is 17.0 Å². The summed E-state index contributed by atoms with van der Waals surface area (Å²) in [6, 6.07) is 7.80. The van der Waals surface area contributed by atoms with Gasteiger partial charge in [0, 0.05) is 31.3 Å². The number of hydrogen-bond acceptors (Lipinski definition) is 10. The van der Waals surface area contributed by atoms with Gasteiger partial charge >= 0.3 is 5.97 Å². The summed E-state index contributed by atoms with van der Waals surface area (Å²) in [6.07, 6.45) is 4.92. The molecule has 12 nitrogen and oxygen atoms in total. The molecule has 188 valence electrons. The topological polar surface area (TPSA) is 179 Å².